The van der Waals surface area contributed by atoms with E-state index < -0.39 is 11.6 Å². The molecule has 0 radical (unpaired) electrons. The average molecular weight is 263 g/mol. The minimum absolute atomic E-state index is 0.182. The van der Waals surface area contributed by atoms with Crippen molar-refractivity contribution >= 4 is 0 Å². The Balaban J connectivity index is 2.07. The third kappa shape index (κ3) is 3.29. The first-order valence-corrected chi connectivity index (χ1v) is 6.03. The maximum atomic E-state index is 13.6. The zero-order valence-electron chi connectivity index (χ0n) is 10.5. The zero-order valence-corrected chi connectivity index (χ0v) is 10.5. The lowest BCUT2D eigenvalue weighted by Gasteiger charge is -2.15. The van der Waals surface area contributed by atoms with Crippen LogP contribution in [0, 0.1) is 11.6 Å². The van der Waals surface area contributed by atoms with Gasteiger partial charge in [0.1, 0.15) is 17.4 Å². The summed E-state index contributed by atoms with van der Waals surface area (Å²) >= 11 is 0. The van der Waals surface area contributed by atoms with Gasteiger partial charge >= 0.3 is 0 Å². The van der Waals surface area contributed by atoms with Gasteiger partial charge in [0, 0.05) is 23.7 Å². The van der Waals surface area contributed by atoms with Crippen LogP contribution in [0.25, 0.3) is 0 Å². The molecule has 0 aliphatic carbocycles. The second-order valence-electron chi connectivity index (χ2n) is 4.40. The summed E-state index contributed by atoms with van der Waals surface area (Å²) in [6.45, 7) is 2.13. The first-order valence-electron chi connectivity index (χ1n) is 6.03. The lowest BCUT2D eigenvalue weighted by Crippen LogP contribution is -2.19. The van der Waals surface area contributed by atoms with Gasteiger partial charge in [-0.05, 0) is 31.2 Å². The molecule has 4 heteroatoms. The van der Waals surface area contributed by atoms with Crippen LogP contribution in [0.4, 0.5) is 8.78 Å². The van der Waals surface area contributed by atoms with Crippen molar-refractivity contribution in [2.75, 3.05) is 0 Å². The first kappa shape index (κ1) is 13.5. The number of aromatic hydroxyl groups is 1. The summed E-state index contributed by atoms with van der Waals surface area (Å²) in [6.07, 6.45) is 0. The van der Waals surface area contributed by atoms with Gasteiger partial charge in [0.15, 0.2) is 0 Å². The van der Waals surface area contributed by atoms with Crippen LogP contribution in [0.2, 0.25) is 0 Å². The highest BCUT2D eigenvalue weighted by Gasteiger charge is 2.12. The van der Waals surface area contributed by atoms with Crippen molar-refractivity contribution in [3.05, 3.63) is 65.2 Å². The molecule has 0 spiro atoms. The van der Waals surface area contributed by atoms with E-state index in [0.29, 0.717) is 12.1 Å². The average Bonchev–Trinajstić information content (AvgIpc) is 2.40. The van der Waals surface area contributed by atoms with Crippen LogP contribution in [0.15, 0.2) is 42.5 Å². The molecular weight excluding hydrogens is 248 g/mol. The lowest BCUT2D eigenvalue weighted by molar-refractivity contribution is 0.458. The molecule has 0 saturated carbocycles. The minimum atomic E-state index is -0.465. The summed E-state index contributed by atoms with van der Waals surface area (Å²) in [5.74, 6) is -0.729. The highest BCUT2D eigenvalue weighted by Crippen LogP contribution is 2.20. The highest BCUT2D eigenvalue weighted by molar-refractivity contribution is 5.32. The van der Waals surface area contributed by atoms with Gasteiger partial charge in [-0.3, -0.25) is 0 Å². The maximum Gasteiger partial charge on any atom is 0.128 e. The van der Waals surface area contributed by atoms with E-state index in [2.05, 4.69) is 5.32 Å². The van der Waals surface area contributed by atoms with E-state index in [1.165, 1.54) is 6.07 Å². The van der Waals surface area contributed by atoms with Crippen LogP contribution >= 0.6 is 0 Å². The number of phenols is 1. The van der Waals surface area contributed by atoms with E-state index in [9.17, 15) is 13.9 Å². The predicted octanol–water partition coefficient (Wildman–Crippen LogP) is 3.52. The Kier molecular flexibility index (Phi) is 4.12. The molecule has 2 rings (SSSR count). The number of benzene rings is 2. The summed E-state index contributed by atoms with van der Waals surface area (Å²) in [6, 6.07) is 9.94. The fraction of sp³-hybridized carbons (Fsp3) is 0.200. The predicted molar refractivity (Wildman–Crippen MR) is 69.7 cm³/mol. The van der Waals surface area contributed by atoms with Gasteiger partial charge < -0.3 is 10.4 Å². The number of phenolic OH excluding ortho intramolecular Hbond substituents is 1. The molecule has 0 aliphatic heterocycles. The molecule has 2 N–H and O–H groups in total. The Bertz CT molecular complexity index is 572. The standard InChI is InChI=1S/C15H15F2NO/c1-10(13-8-12(16)6-7-14(13)17)18-9-11-4-2-3-5-15(11)19/h2-8,10,18-19H,9H2,1H3. The lowest BCUT2D eigenvalue weighted by atomic mass is 10.1. The molecule has 1 atom stereocenters. The van der Waals surface area contributed by atoms with Crippen molar-refractivity contribution in [1.29, 1.82) is 0 Å². The van der Waals surface area contributed by atoms with Gasteiger partial charge in [-0.1, -0.05) is 18.2 Å². The fourth-order valence-corrected chi connectivity index (χ4v) is 1.88. The van der Waals surface area contributed by atoms with Gasteiger partial charge in [0.2, 0.25) is 0 Å². The van der Waals surface area contributed by atoms with E-state index >= 15 is 0 Å². The highest BCUT2D eigenvalue weighted by atomic mass is 19.1. The molecule has 19 heavy (non-hydrogen) atoms. The Morgan fingerprint density at radius 3 is 2.63 bits per heavy atom. The number of para-hydroxylation sites is 1. The molecule has 0 heterocycles. The number of nitrogens with one attached hydrogen (secondary N) is 1. The summed E-state index contributed by atoms with van der Waals surface area (Å²) < 4.78 is 26.7. The molecule has 0 bridgehead atoms. The summed E-state index contributed by atoms with van der Waals surface area (Å²) in [5.41, 5.74) is 0.988. The van der Waals surface area contributed by atoms with E-state index in [0.717, 1.165) is 12.1 Å². The number of halogens is 2. The normalized spacial score (nSPS) is 12.4. The fourth-order valence-electron chi connectivity index (χ4n) is 1.88. The van der Waals surface area contributed by atoms with Crippen LogP contribution < -0.4 is 5.32 Å². The number of hydrogen-bond acceptors (Lipinski definition) is 2. The van der Waals surface area contributed by atoms with Gasteiger partial charge in [-0.2, -0.15) is 0 Å². The number of hydrogen-bond donors (Lipinski definition) is 2. The molecule has 100 valence electrons. The van der Waals surface area contributed by atoms with Crippen LogP contribution in [-0.2, 0) is 6.54 Å². The molecule has 2 aromatic rings. The van der Waals surface area contributed by atoms with Crippen LogP contribution in [0.1, 0.15) is 24.1 Å². The Labute approximate surface area is 110 Å². The minimum Gasteiger partial charge on any atom is -0.508 e. The van der Waals surface area contributed by atoms with Crippen LogP contribution in [0.3, 0.4) is 0 Å². The van der Waals surface area contributed by atoms with Crippen molar-refractivity contribution in [3.63, 3.8) is 0 Å². The number of rotatable bonds is 4. The smallest absolute Gasteiger partial charge is 0.128 e. The third-order valence-corrected chi connectivity index (χ3v) is 3.01. The largest absolute Gasteiger partial charge is 0.508 e. The molecule has 0 aliphatic rings. The Morgan fingerprint density at radius 2 is 1.89 bits per heavy atom. The molecule has 2 aromatic carbocycles. The molecule has 0 amide bonds. The molecule has 0 saturated heterocycles. The van der Waals surface area contributed by atoms with Crippen molar-refractivity contribution < 1.29 is 13.9 Å². The van der Waals surface area contributed by atoms with Gasteiger partial charge in [0.05, 0.1) is 0 Å². The summed E-state index contributed by atoms with van der Waals surface area (Å²) in [4.78, 5) is 0. The molecule has 0 aromatic heterocycles. The van der Waals surface area contributed by atoms with Crippen molar-refractivity contribution in [1.82, 2.24) is 5.32 Å². The quantitative estimate of drug-likeness (QED) is 0.884. The maximum absolute atomic E-state index is 13.6. The van der Waals surface area contributed by atoms with Gasteiger partial charge in [-0.15, -0.1) is 0 Å². The molecular formula is C15H15F2NO. The van der Waals surface area contributed by atoms with E-state index in [4.69, 9.17) is 0 Å². The molecule has 0 fully saturated rings. The second-order valence-corrected chi connectivity index (χ2v) is 4.40. The van der Waals surface area contributed by atoms with Gasteiger partial charge in [-0.25, -0.2) is 8.78 Å². The topological polar surface area (TPSA) is 32.3 Å². The molecule has 1 unspecified atom stereocenters. The monoisotopic (exact) mass is 263 g/mol. The third-order valence-electron chi connectivity index (χ3n) is 3.01. The second kappa shape index (κ2) is 5.80. The van der Waals surface area contributed by atoms with Crippen molar-refractivity contribution in [2.45, 2.75) is 19.5 Å². The van der Waals surface area contributed by atoms with Crippen molar-refractivity contribution in [2.24, 2.45) is 0 Å². The molecule has 2 nitrogen and oxygen atoms in total. The van der Waals surface area contributed by atoms with Crippen molar-refractivity contribution in [3.8, 4) is 5.75 Å². The first-order chi connectivity index (χ1) is 9.08. The summed E-state index contributed by atoms with van der Waals surface area (Å²) in [5, 5.41) is 12.7. The van der Waals surface area contributed by atoms with E-state index in [-0.39, 0.29) is 17.4 Å². The zero-order chi connectivity index (χ0) is 13.8. The van der Waals surface area contributed by atoms with Crippen LogP contribution in [-0.4, -0.2) is 5.11 Å². The summed E-state index contributed by atoms with van der Waals surface area (Å²) in [7, 11) is 0. The van der Waals surface area contributed by atoms with E-state index in [1.54, 1.807) is 25.1 Å². The van der Waals surface area contributed by atoms with Gasteiger partial charge in [0.25, 0.3) is 0 Å². The SMILES string of the molecule is CC(NCc1ccccc1O)c1cc(F)ccc1F. The van der Waals surface area contributed by atoms with Crippen LogP contribution in [0.5, 0.6) is 5.75 Å². The Hall–Kier alpha value is -1.94. The van der Waals surface area contributed by atoms with E-state index in [1.807, 2.05) is 6.07 Å². The Morgan fingerprint density at radius 1 is 1.16 bits per heavy atom.